The van der Waals surface area contributed by atoms with Crippen LogP contribution >= 0.6 is 0 Å². The first-order chi connectivity index (χ1) is 10.2. The van der Waals surface area contributed by atoms with Gasteiger partial charge in [-0.15, -0.1) is 0 Å². The molecule has 2 heterocycles. The summed E-state index contributed by atoms with van der Waals surface area (Å²) in [5.41, 5.74) is 0.697. The molecule has 3 nitrogen and oxygen atoms in total. The van der Waals surface area contributed by atoms with Crippen molar-refractivity contribution in [2.24, 2.45) is 0 Å². The van der Waals surface area contributed by atoms with Gasteiger partial charge in [-0.25, -0.2) is 8.78 Å². The monoisotopic (exact) mass is 297 g/mol. The SMILES string of the molecule is Fc1ccc([C@@H]2CN(C[C@@H]3CCCCO3)CCO2)cc1F. The van der Waals surface area contributed by atoms with Gasteiger partial charge in [-0.3, -0.25) is 4.90 Å². The number of benzene rings is 1. The summed E-state index contributed by atoms with van der Waals surface area (Å²) in [6.45, 7) is 3.91. The highest BCUT2D eigenvalue weighted by atomic mass is 19.2. The summed E-state index contributed by atoms with van der Waals surface area (Å²) in [5, 5.41) is 0. The second kappa shape index (κ2) is 6.81. The second-order valence-corrected chi connectivity index (χ2v) is 5.78. The van der Waals surface area contributed by atoms with Gasteiger partial charge in [0, 0.05) is 26.2 Å². The first-order valence-corrected chi connectivity index (χ1v) is 7.63. The Morgan fingerprint density at radius 1 is 1.10 bits per heavy atom. The van der Waals surface area contributed by atoms with Crippen molar-refractivity contribution in [1.29, 1.82) is 0 Å². The minimum absolute atomic E-state index is 0.197. The first-order valence-electron chi connectivity index (χ1n) is 7.63. The zero-order chi connectivity index (χ0) is 14.7. The molecule has 1 aromatic carbocycles. The topological polar surface area (TPSA) is 21.7 Å². The maximum Gasteiger partial charge on any atom is 0.159 e. The fourth-order valence-electron chi connectivity index (χ4n) is 3.02. The summed E-state index contributed by atoms with van der Waals surface area (Å²) in [6.07, 6.45) is 3.58. The Morgan fingerprint density at radius 2 is 2.00 bits per heavy atom. The highest BCUT2D eigenvalue weighted by molar-refractivity contribution is 5.21. The van der Waals surface area contributed by atoms with Crippen LogP contribution < -0.4 is 0 Å². The zero-order valence-corrected chi connectivity index (χ0v) is 12.1. The molecule has 2 aliphatic rings. The molecule has 0 unspecified atom stereocenters. The van der Waals surface area contributed by atoms with Crippen LogP contribution in [-0.4, -0.2) is 43.9 Å². The van der Waals surface area contributed by atoms with E-state index in [9.17, 15) is 8.78 Å². The van der Waals surface area contributed by atoms with Crippen molar-refractivity contribution in [1.82, 2.24) is 4.90 Å². The van der Waals surface area contributed by atoms with E-state index in [0.29, 0.717) is 24.8 Å². The molecule has 3 rings (SSSR count). The molecular formula is C16H21F2NO2. The lowest BCUT2D eigenvalue weighted by molar-refractivity contribution is -0.0612. The average Bonchev–Trinajstić information content (AvgIpc) is 2.51. The van der Waals surface area contributed by atoms with Crippen LogP contribution in [0.2, 0.25) is 0 Å². The van der Waals surface area contributed by atoms with Gasteiger partial charge < -0.3 is 9.47 Å². The zero-order valence-electron chi connectivity index (χ0n) is 12.1. The number of nitrogens with zero attached hydrogens (tertiary/aromatic N) is 1. The summed E-state index contributed by atoms with van der Waals surface area (Å²) < 4.78 is 37.8. The molecule has 2 aliphatic heterocycles. The maximum absolute atomic E-state index is 13.3. The Bertz CT molecular complexity index is 477. The van der Waals surface area contributed by atoms with Gasteiger partial charge in [0.1, 0.15) is 0 Å². The van der Waals surface area contributed by atoms with Gasteiger partial charge in [0.25, 0.3) is 0 Å². The van der Waals surface area contributed by atoms with Crippen LogP contribution in [0.1, 0.15) is 30.9 Å². The van der Waals surface area contributed by atoms with Crippen LogP contribution in [0.5, 0.6) is 0 Å². The third-order valence-electron chi connectivity index (χ3n) is 4.20. The molecule has 0 bridgehead atoms. The van der Waals surface area contributed by atoms with Crippen molar-refractivity contribution in [2.45, 2.75) is 31.5 Å². The van der Waals surface area contributed by atoms with Gasteiger partial charge in [0.15, 0.2) is 11.6 Å². The Kier molecular flexibility index (Phi) is 4.83. The van der Waals surface area contributed by atoms with E-state index >= 15 is 0 Å². The van der Waals surface area contributed by atoms with Crippen LogP contribution in [0.3, 0.4) is 0 Å². The molecule has 2 fully saturated rings. The fourth-order valence-corrected chi connectivity index (χ4v) is 3.02. The molecule has 0 saturated carbocycles. The lowest BCUT2D eigenvalue weighted by Crippen LogP contribution is -2.43. The molecule has 0 N–H and O–H groups in total. The predicted molar refractivity (Wildman–Crippen MR) is 75.1 cm³/mol. The smallest absolute Gasteiger partial charge is 0.159 e. The number of hydrogen-bond donors (Lipinski definition) is 0. The van der Waals surface area contributed by atoms with Crippen LogP contribution in [-0.2, 0) is 9.47 Å². The molecule has 1 aromatic rings. The lowest BCUT2D eigenvalue weighted by Gasteiger charge is -2.36. The van der Waals surface area contributed by atoms with E-state index in [4.69, 9.17) is 9.47 Å². The summed E-state index contributed by atoms with van der Waals surface area (Å²) in [6, 6.07) is 4.00. The Labute approximate surface area is 123 Å². The molecular weight excluding hydrogens is 276 g/mol. The first kappa shape index (κ1) is 14.9. The molecule has 2 saturated heterocycles. The summed E-state index contributed by atoms with van der Waals surface area (Å²) in [7, 11) is 0. The molecule has 0 aliphatic carbocycles. The van der Waals surface area contributed by atoms with Gasteiger partial charge in [0.05, 0.1) is 18.8 Å². The van der Waals surface area contributed by atoms with Crippen molar-refractivity contribution in [3.8, 4) is 0 Å². The molecule has 0 radical (unpaired) electrons. The minimum Gasteiger partial charge on any atom is -0.377 e. The van der Waals surface area contributed by atoms with E-state index in [-0.39, 0.29) is 6.10 Å². The number of ether oxygens (including phenoxy) is 2. The van der Waals surface area contributed by atoms with Crippen molar-refractivity contribution in [3.63, 3.8) is 0 Å². The highest BCUT2D eigenvalue weighted by Gasteiger charge is 2.25. The quantitative estimate of drug-likeness (QED) is 0.856. The second-order valence-electron chi connectivity index (χ2n) is 5.78. The fraction of sp³-hybridized carbons (Fsp3) is 0.625. The predicted octanol–water partition coefficient (Wildman–Crippen LogP) is 2.91. The highest BCUT2D eigenvalue weighted by Crippen LogP contribution is 2.25. The number of rotatable bonds is 3. The third kappa shape index (κ3) is 3.78. The molecule has 0 amide bonds. The summed E-state index contributed by atoms with van der Waals surface area (Å²) >= 11 is 0. The Hall–Kier alpha value is -1.04. The van der Waals surface area contributed by atoms with E-state index in [2.05, 4.69) is 4.90 Å². The van der Waals surface area contributed by atoms with Crippen LogP contribution in [0.4, 0.5) is 8.78 Å². The third-order valence-corrected chi connectivity index (χ3v) is 4.20. The maximum atomic E-state index is 13.3. The molecule has 21 heavy (non-hydrogen) atoms. The number of halogens is 2. The van der Waals surface area contributed by atoms with E-state index in [1.54, 1.807) is 6.07 Å². The minimum atomic E-state index is -0.818. The van der Waals surface area contributed by atoms with E-state index in [1.807, 2.05) is 0 Å². The molecule has 2 atom stereocenters. The van der Waals surface area contributed by atoms with E-state index in [1.165, 1.54) is 12.5 Å². The van der Waals surface area contributed by atoms with Gasteiger partial charge >= 0.3 is 0 Å². The molecule has 0 spiro atoms. The molecule has 5 heteroatoms. The number of hydrogen-bond acceptors (Lipinski definition) is 3. The van der Waals surface area contributed by atoms with E-state index in [0.717, 1.165) is 38.6 Å². The van der Waals surface area contributed by atoms with Crippen molar-refractivity contribution in [2.75, 3.05) is 32.8 Å². The molecule has 116 valence electrons. The van der Waals surface area contributed by atoms with Crippen molar-refractivity contribution < 1.29 is 18.3 Å². The number of morpholine rings is 1. The standard InChI is InChI=1S/C16H21F2NO2/c17-14-5-4-12(9-15(14)18)16-11-19(6-8-21-16)10-13-3-1-2-7-20-13/h4-5,9,13,16H,1-3,6-8,10-11H2/t13-,16-/m0/s1. The van der Waals surface area contributed by atoms with Crippen molar-refractivity contribution in [3.05, 3.63) is 35.4 Å². The van der Waals surface area contributed by atoms with Crippen LogP contribution in [0.15, 0.2) is 18.2 Å². The van der Waals surface area contributed by atoms with Gasteiger partial charge in [-0.1, -0.05) is 6.07 Å². The van der Waals surface area contributed by atoms with Gasteiger partial charge in [-0.05, 0) is 37.0 Å². The molecule has 0 aromatic heterocycles. The summed E-state index contributed by atoms with van der Waals surface area (Å²) in [4.78, 5) is 2.30. The van der Waals surface area contributed by atoms with Gasteiger partial charge in [0.2, 0.25) is 0 Å². The lowest BCUT2D eigenvalue weighted by atomic mass is 10.1. The van der Waals surface area contributed by atoms with Crippen LogP contribution in [0, 0.1) is 11.6 Å². The summed E-state index contributed by atoms with van der Waals surface area (Å²) in [5.74, 6) is -1.63. The normalized spacial score (nSPS) is 27.7. The largest absolute Gasteiger partial charge is 0.377 e. The van der Waals surface area contributed by atoms with Crippen LogP contribution in [0.25, 0.3) is 0 Å². The average molecular weight is 297 g/mol. The Morgan fingerprint density at radius 3 is 2.76 bits per heavy atom. The van der Waals surface area contributed by atoms with Gasteiger partial charge in [-0.2, -0.15) is 0 Å². The van der Waals surface area contributed by atoms with E-state index < -0.39 is 11.6 Å². The van der Waals surface area contributed by atoms with Crippen molar-refractivity contribution >= 4 is 0 Å². The Balaban J connectivity index is 1.60.